The normalized spacial score (nSPS) is 13.4. The number of hydrogen-bond donors (Lipinski definition) is 3. The minimum atomic E-state index is -0.900. The van der Waals surface area contributed by atoms with Crippen molar-refractivity contribution < 1.29 is 15.0 Å². The SMILES string of the molecule is C=CCC(CO)N(C)C.CCCC[C@H](N)C(=O)O. The molecule has 0 aliphatic carbocycles. The van der Waals surface area contributed by atoms with Crippen LogP contribution in [0.25, 0.3) is 0 Å². The van der Waals surface area contributed by atoms with E-state index in [1.54, 1.807) is 0 Å². The highest BCUT2D eigenvalue weighted by molar-refractivity contribution is 5.72. The Bertz CT molecular complexity index is 220. The number of carboxylic acid groups (broad SMARTS) is 1. The smallest absolute Gasteiger partial charge is 0.320 e. The van der Waals surface area contributed by atoms with Gasteiger partial charge in [0, 0.05) is 6.04 Å². The Morgan fingerprint density at radius 1 is 1.50 bits per heavy atom. The molecule has 0 fully saturated rings. The zero-order valence-corrected chi connectivity index (χ0v) is 11.8. The molecule has 0 saturated carbocycles. The van der Waals surface area contributed by atoms with Crippen molar-refractivity contribution in [1.29, 1.82) is 0 Å². The summed E-state index contributed by atoms with van der Waals surface area (Å²) >= 11 is 0. The van der Waals surface area contributed by atoms with Crippen LogP contribution >= 0.6 is 0 Å². The summed E-state index contributed by atoms with van der Waals surface area (Å²) in [6.07, 6.45) is 5.16. The lowest BCUT2D eigenvalue weighted by molar-refractivity contribution is -0.138. The fraction of sp³-hybridized carbons (Fsp3) is 0.769. The summed E-state index contributed by atoms with van der Waals surface area (Å²) in [7, 11) is 3.90. The van der Waals surface area contributed by atoms with Gasteiger partial charge in [0.15, 0.2) is 0 Å². The second kappa shape index (κ2) is 12.5. The fourth-order valence-electron chi connectivity index (χ4n) is 1.19. The molecule has 0 aromatic rings. The average molecular weight is 260 g/mol. The molecule has 0 spiro atoms. The van der Waals surface area contributed by atoms with Gasteiger partial charge in [0.25, 0.3) is 0 Å². The van der Waals surface area contributed by atoms with E-state index in [1.807, 2.05) is 32.0 Å². The van der Waals surface area contributed by atoms with Gasteiger partial charge in [0.1, 0.15) is 6.04 Å². The van der Waals surface area contributed by atoms with Gasteiger partial charge in [-0.05, 0) is 26.9 Å². The van der Waals surface area contributed by atoms with Crippen molar-refractivity contribution in [2.45, 2.75) is 44.7 Å². The molecule has 0 aliphatic rings. The van der Waals surface area contributed by atoms with Crippen LogP contribution in [0.3, 0.4) is 0 Å². The van der Waals surface area contributed by atoms with E-state index in [4.69, 9.17) is 15.9 Å². The number of hydrogen-bond acceptors (Lipinski definition) is 4. The third kappa shape index (κ3) is 11.6. The van der Waals surface area contributed by atoms with Gasteiger partial charge in [-0.1, -0.05) is 25.8 Å². The monoisotopic (exact) mass is 260 g/mol. The van der Waals surface area contributed by atoms with Crippen LogP contribution in [0.4, 0.5) is 0 Å². The summed E-state index contributed by atoms with van der Waals surface area (Å²) in [6.45, 7) is 5.81. The summed E-state index contributed by atoms with van der Waals surface area (Å²) in [5, 5.41) is 17.0. The molecule has 5 nitrogen and oxygen atoms in total. The number of nitrogens with two attached hydrogens (primary N) is 1. The molecule has 0 bridgehead atoms. The van der Waals surface area contributed by atoms with E-state index >= 15 is 0 Å². The second-order valence-corrected chi connectivity index (χ2v) is 4.41. The first kappa shape index (κ1) is 19.4. The Morgan fingerprint density at radius 3 is 2.28 bits per heavy atom. The predicted molar refractivity (Wildman–Crippen MR) is 74.5 cm³/mol. The third-order valence-electron chi connectivity index (χ3n) is 2.57. The molecule has 0 amide bonds. The Balaban J connectivity index is 0. The van der Waals surface area contributed by atoms with E-state index < -0.39 is 12.0 Å². The lowest BCUT2D eigenvalue weighted by Gasteiger charge is -2.19. The Hall–Kier alpha value is -0.910. The van der Waals surface area contributed by atoms with Gasteiger partial charge < -0.3 is 20.8 Å². The lowest BCUT2D eigenvalue weighted by atomic mass is 10.1. The summed E-state index contributed by atoms with van der Waals surface area (Å²) in [5.41, 5.74) is 5.20. The van der Waals surface area contributed by atoms with E-state index in [2.05, 4.69) is 6.58 Å². The Labute approximate surface area is 110 Å². The Morgan fingerprint density at radius 2 is 2.06 bits per heavy atom. The molecule has 4 N–H and O–H groups in total. The molecule has 0 radical (unpaired) electrons. The minimum Gasteiger partial charge on any atom is -0.480 e. The number of aliphatic hydroxyl groups excluding tert-OH is 1. The van der Waals surface area contributed by atoms with E-state index in [1.165, 1.54) is 0 Å². The van der Waals surface area contributed by atoms with Gasteiger partial charge in [-0.15, -0.1) is 6.58 Å². The van der Waals surface area contributed by atoms with Crippen molar-refractivity contribution >= 4 is 5.97 Å². The van der Waals surface area contributed by atoms with Gasteiger partial charge in [0.05, 0.1) is 6.61 Å². The van der Waals surface area contributed by atoms with Crippen molar-refractivity contribution in [3.8, 4) is 0 Å². The number of nitrogens with zero attached hydrogens (tertiary/aromatic N) is 1. The summed E-state index contributed by atoms with van der Waals surface area (Å²) in [5.74, 6) is -0.900. The first-order chi connectivity index (χ1) is 8.40. The largest absolute Gasteiger partial charge is 0.480 e. The number of carbonyl (C=O) groups is 1. The van der Waals surface area contributed by atoms with Crippen LogP contribution in [0, 0.1) is 0 Å². The highest BCUT2D eigenvalue weighted by Crippen LogP contribution is 1.97. The standard InChI is InChI=1S/C7H15NO.C6H13NO2/c1-4-5-7(6-9)8(2)3;1-2-3-4-5(7)6(8)9/h4,7,9H,1,5-6H2,2-3H3;5H,2-4,7H2,1H3,(H,8,9)/t;5-/m.0/s1. The molecule has 0 saturated heterocycles. The molecule has 0 aromatic carbocycles. The molecular formula is C13H28N2O3. The highest BCUT2D eigenvalue weighted by Gasteiger charge is 2.08. The van der Waals surface area contributed by atoms with Crippen molar-refractivity contribution in [1.82, 2.24) is 4.90 Å². The van der Waals surface area contributed by atoms with Crippen LogP contribution in [0.1, 0.15) is 32.6 Å². The molecule has 0 heterocycles. The molecule has 0 rings (SSSR count). The molecule has 2 atom stereocenters. The number of aliphatic hydroxyl groups is 1. The quantitative estimate of drug-likeness (QED) is 0.568. The first-order valence-electron chi connectivity index (χ1n) is 6.27. The maximum atomic E-state index is 10.1. The van der Waals surface area contributed by atoms with Crippen LogP contribution in [0.2, 0.25) is 0 Å². The number of likely N-dealkylation sites (N-methyl/N-ethyl adjacent to an activating group) is 1. The maximum absolute atomic E-state index is 10.1. The average Bonchev–Trinajstić information content (AvgIpc) is 2.33. The zero-order valence-electron chi connectivity index (χ0n) is 11.8. The number of unbranched alkanes of at least 4 members (excludes halogenated alkanes) is 1. The lowest BCUT2D eigenvalue weighted by Crippen LogP contribution is -2.30. The van der Waals surface area contributed by atoms with Crippen molar-refractivity contribution in [2.24, 2.45) is 5.73 Å². The predicted octanol–water partition coefficient (Wildman–Crippen LogP) is 1.07. The van der Waals surface area contributed by atoms with Gasteiger partial charge in [-0.25, -0.2) is 0 Å². The summed E-state index contributed by atoms with van der Waals surface area (Å²) in [6, 6.07) is -0.424. The fourth-order valence-corrected chi connectivity index (χ4v) is 1.19. The van der Waals surface area contributed by atoms with E-state index in [-0.39, 0.29) is 12.6 Å². The van der Waals surface area contributed by atoms with Crippen molar-refractivity contribution in [3.63, 3.8) is 0 Å². The summed E-state index contributed by atoms with van der Waals surface area (Å²) in [4.78, 5) is 12.1. The summed E-state index contributed by atoms with van der Waals surface area (Å²) < 4.78 is 0. The van der Waals surface area contributed by atoms with Gasteiger partial charge in [-0.2, -0.15) is 0 Å². The minimum absolute atomic E-state index is 0.207. The number of carboxylic acids is 1. The van der Waals surface area contributed by atoms with E-state index in [0.717, 1.165) is 19.3 Å². The molecule has 0 aromatic heterocycles. The van der Waals surface area contributed by atoms with Crippen LogP contribution in [0.5, 0.6) is 0 Å². The molecule has 5 heteroatoms. The number of aliphatic carboxylic acids is 1. The second-order valence-electron chi connectivity index (χ2n) is 4.41. The molecule has 108 valence electrons. The molecule has 1 unspecified atom stereocenters. The molecule has 18 heavy (non-hydrogen) atoms. The highest BCUT2D eigenvalue weighted by atomic mass is 16.4. The third-order valence-corrected chi connectivity index (χ3v) is 2.57. The topological polar surface area (TPSA) is 86.8 Å². The number of rotatable bonds is 8. The maximum Gasteiger partial charge on any atom is 0.320 e. The Kier molecular flexibility index (Phi) is 13.5. The van der Waals surface area contributed by atoms with Gasteiger partial charge in [0.2, 0.25) is 0 Å². The van der Waals surface area contributed by atoms with Crippen molar-refractivity contribution in [3.05, 3.63) is 12.7 Å². The van der Waals surface area contributed by atoms with Crippen LogP contribution in [-0.2, 0) is 4.79 Å². The molecule has 0 aliphatic heterocycles. The van der Waals surface area contributed by atoms with Gasteiger partial charge >= 0.3 is 5.97 Å². The van der Waals surface area contributed by atoms with Crippen LogP contribution in [0.15, 0.2) is 12.7 Å². The van der Waals surface area contributed by atoms with Gasteiger partial charge in [-0.3, -0.25) is 4.79 Å². The van der Waals surface area contributed by atoms with E-state index in [0.29, 0.717) is 6.42 Å². The zero-order chi connectivity index (χ0) is 14.6. The first-order valence-corrected chi connectivity index (χ1v) is 6.27. The van der Waals surface area contributed by atoms with Crippen LogP contribution in [-0.4, -0.2) is 53.9 Å². The van der Waals surface area contributed by atoms with Crippen LogP contribution < -0.4 is 5.73 Å². The molecular weight excluding hydrogens is 232 g/mol. The van der Waals surface area contributed by atoms with Crippen molar-refractivity contribution in [2.75, 3.05) is 20.7 Å². The van der Waals surface area contributed by atoms with E-state index in [9.17, 15) is 4.79 Å².